The summed E-state index contributed by atoms with van der Waals surface area (Å²) in [5.74, 6) is 0.610. The smallest absolute Gasteiger partial charge is 0.409 e. The van der Waals surface area contributed by atoms with Crippen LogP contribution in [0.15, 0.2) is 46.2 Å². The van der Waals surface area contributed by atoms with Gasteiger partial charge in [-0.2, -0.15) is 0 Å². The van der Waals surface area contributed by atoms with Gasteiger partial charge < -0.3 is 20.1 Å². The summed E-state index contributed by atoms with van der Waals surface area (Å²) < 4.78 is 10.4. The van der Waals surface area contributed by atoms with Crippen LogP contribution in [0.2, 0.25) is 10.0 Å². The molecule has 132 valence electrons. The van der Waals surface area contributed by atoms with Crippen molar-refractivity contribution in [2.24, 2.45) is 0 Å². The van der Waals surface area contributed by atoms with Crippen molar-refractivity contribution in [3.8, 4) is 11.5 Å². The van der Waals surface area contributed by atoms with E-state index in [1.165, 1.54) is 25.9 Å². The fourth-order valence-corrected chi connectivity index (χ4v) is 3.22. The molecule has 0 radical (unpaired) electrons. The lowest BCUT2D eigenvalue weighted by molar-refractivity contribution is 0.201. The van der Waals surface area contributed by atoms with Crippen molar-refractivity contribution in [3.63, 3.8) is 0 Å². The zero-order chi connectivity index (χ0) is 18.4. The fraction of sp³-hybridized carbons (Fsp3) is 0.125. The Kier molecular flexibility index (Phi) is 6.81. The Morgan fingerprint density at radius 1 is 0.840 bits per heavy atom. The topological polar surface area (TPSA) is 76.7 Å². The zero-order valence-electron chi connectivity index (χ0n) is 13.3. The Hall–Kier alpha value is -2.09. The lowest BCUT2D eigenvalue weighted by Gasteiger charge is -2.13. The molecule has 0 aliphatic carbocycles. The quantitative estimate of drug-likeness (QED) is 0.784. The molecule has 6 nitrogen and oxygen atoms in total. The third-order valence-electron chi connectivity index (χ3n) is 2.84. The molecule has 0 fully saturated rings. The van der Waals surface area contributed by atoms with Gasteiger partial charge in [0.2, 0.25) is 0 Å². The van der Waals surface area contributed by atoms with Crippen LogP contribution in [0, 0.1) is 0 Å². The van der Waals surface area contributed by atoms with E-state index in [1.807, 2.05) is 0 Å². The first-order chi connectivity index (χ1) is 11.9. The Bertz CT molecular complexity index is 736. The van der Waals surface area contributed by atoms with Crippen molar-refractivity contribution in [2.75, 3.05) is 14.1 Å². The highest BCUT2D eigenvalue weighted by atomic mass is 35.5. The molecule has 0 saturated heterocycles. The van der Waals surface area contributed by atoms with Crippen molar-refractivity contribution in [3.05, 3.63) is 46.4 Å². The van der Waals surface area contributed by atoms with Gasteiger partial charge in [0.25, 0.3) is 0 Å². The van der Waals surface area contributed by atoms with Crippen LogP contribution in [0.5, 0.6) is 11.5 Å². The van der Waals surface area contributed by atoms with E-state index in [4.69, 9.17) is 32.7 Å². The largest absolute Gasteiger partial charge is 0.412 e. The summed E-state index contributed by atoms with van der Waals surface area (Å²) in [6, 6.07) is 9.62. The summed E-state index contributed by atoms with van der Waals surface area (Å²) in [4.78, 5) is 24.1. The van der Waals surface area contributed by atoms with Gasteiger partial charge in [0, 0.05) is 24.1 Å². The van der Waals surface area contributed by atoms with Gasteiger partial charge in [-0.15, -0.1) is 0 Å². The number of rotatable bonds is 4. The second-order valence-corrected chi connectivity index (χ2v) is 6.52. The Labute approximate surface area is 158 Å². The number of carbonyl (C=O) groups excluding carboxylic acids is 2. The van der Waals surface area contributed by atoms with Gasteiger partial charge >= 0.3 is 12.2 Å². The second kappa shape index (κ2) is 8.84. The van der Waals surface area contributed by atoms with Crippen LogP contribution in [0.4, 0.5) is 9.59 Å². The summed E-state index contributed by atoms with van der Waals surface area (Å²) in [6.45, 7) is 0. The number of carbonyl (C=O) groups is 2. The maximum atomic E-state index is 11.5. The fourth-order valence-electron chi connectivity index (χ4n) is 1.71. The molecule has 0 aliphatic heterocycles. The van der Waals surface area contributed by atoms with Gasteiger partial charge in [0.1, 0.15) is 11.5 Å². The van der Waals surface area contributed by atoms with Gasteiger partial charge in [0.05, 0.1) is 9.79 Å². The highest BCUT2D eigenvalue weighted by Crippen LogP contribution is 2.42. The molecule has 25 heavy (non-hydrogen) atoms. The van der Waals surface area contributed by atoms with Crippen LogP contribution in [-0.4, -0.2) is 26.3 Å². The predicted octanol–water partition coefficient (Wildman–Crippen LogP) is 4.58. The molecule has 2 aromatic carbocycles. The van der Waals surface area contributed by atoms with Crippen molar-refractivity contribution < 1.29 is 19.1 Å². The molecule has 0 saturated carbocycles. The monoisotopic (exact) mass is 400 g/mol. The second-order valence-electron chi connectivity index (χ2n) is 4.56. The molecule has 2 N–H and O–H groups in total. The number of ether oxygens (including phenoxy) is 2. The average molecular weight is 401 g/mol. The summed E-state index contributed by atoms with van der Waals surface area (Å²) in [7, 11) is 2.91. The van der Waals surface area contributed by atoms with Gasteiger partial charge in [-0.3, -0.25) is 0 Å². The highest BCUT2D eigenvalue weighted by molar-refractivity contribution is 7.99. The van der Waals surface area contributed by atoms with Gasteiger partial charge in [-0.25, -0.2) is 9.59 Å². The highest BCUT2D eigenvalue weighted by Gasteiger charge is 2.15. The van der Waals surface area contributed by atoms with E-state index < -0.39 is 12.2 Å². The Morgan fingerprint density at radius 2 is 1.24 bits per heavy atom. The molecule has 0 spiro atoms. The molecule has 0 aliphatic rings. The third-order valence-corrected chi connectivity index (χ3v) is 4.39. The Morgan fingerprint density at radius 3 is 1.60 bits per heavy atom. The standard InChI is InChI=1S/C16H14Cl2N2O4S/c1-19-15(21)23-11-5-3-9(17)7-13(11)25-14-8-10(18)4-6-12(14)24-16(22)20-2/h3-8H,1-2H3,(H,19,21)(H,20,22). The summed E-state index contributed by atoms with van der Waals surface area (Å²) in [6.07, 6.45) is -1.23. The molecular weight excluding hydrogens is 387 g/mol. The SMILES string of the molecule is CNC(=O)Oc1ccc(Cl)cc1Sc1cc(Cl)ccc1OC(=O)NC. The minimum atomic E-state index is -0.614. The Balaban J connectivity index is 2.38. The number of amides is 2. The molecule has 9 heteroatoms. The molecule has 2 aromatic rings. The van der Waals surface area contributed by atoms with E-state index in [0.29, 0.717) is 31.3 Å². The minimum Gasteiger partial charge on any atom is -0.409 e. The third kappa shape index (κ3) is 5.45. The van der Waals surface area contributed by atoms with E-state index in [9.17, 15) is 9.59 Å². The van der Waals surface area contributed by atoms with Crippen LogP contribution in [0.1, 0.15) is 0 Å². The summed E-state index contributed by atoms with van der Waals surface area (Å²) in [5, 5.41) is 5.66. The maximum absolute atomic E-state index is 11.5. The molecule has 0 unspecified atom stereocenters. The lowest BCUT2D eigenvalue weighted by atomic mass is 10.3. The van der Waals surface area contributed by atoms with Gasteiger partial charge in [-0.05, 0) is 36.4 Å². The first-order valence-electron chi connectivity index (χ1n) is 6.99. The molecule has 2 amide bonds. The van der Waals surface area contributed by atoms with Crippen molar-refractivity contribution in [2.45, 2.75) is 9.79 Å². The van der Waals surface area contributed by atoms with E-state index >= 15 is 0 Å². The van der Waals surface area contributed by atoms with Crippen LogP contribution in [0.25, 0.3) is 0 Å². The molecule has 0 heterocycles. The number of nitrogens with one attached hydrogen (secondary N) is 2. The van der Waals surface area contributed by atoms with Crippen molar-refractivity contribution in [1.29, 1.82) is 0 Å². The van der Waals surface area contributed by atoms with E-state index in [1.54, 1.807) is 36.4 Å². The number of benzene rings is 2. The normalized spacial score (nSPS) is 10.1. The first-order valence-corrected chi connectivity index (χ1v) is 8.56. The van der Waals surface area contributed by atoms with Crippen LogP contribution < -0.4 is 20.1 Å². The van der Waals surface area contributed by atoms with Crippen molar-refractivity contribution in [1.82, 2.24) is 10.6 Å². The van der Waals surface area contributed by atoms with E-state index in [2.05, 4.69) is 10.6 Å². The zero-order valence-corrected chi connectivity index (χ0v) is 15.6. The van der Waals surface area contributed by atoms with Crippen LogP contribution >= 0.6 is 35.0 Å². The van der Waals surface area contributed by atoms with Crippen LogP contribution in [0.3, 0.4) is 0 Å². The maximum Gasteiger partial charge on any atom is 0.412 e. The van der Waals surface area contributed by atoms with Gasteiger partial charge in [0.15, 0.2) is 0 Å². The lowest BCUT2D eigenvalue weighted by Crippen LogP contribution is -2.22. The van der Waals surface area contributed by atoms with E-state index in [0.717, 1.165) is 0 Å². The van der Waals surface area contributed by atoms with Crippen LogP contribution in [-0.2, 0) is 0 Å². The number of hydrogen-bond acceptors (Lipinski definition) is 5. The minimum absolute atomic E-state index is 0.305. The van der Waals surface area contributed by atoms with E-state index in [-0.39, 0.29) is 0 Å². The number of halogens is 2. The van der Waals surface area contributed by atoms with Gasteiger partial charge in [-0.1, -0.05) is 35.0 Å². The summed E-state index contributed by atoms with van der Waals surface area (Å²) >= 11 is 13.3. The average Bonchev–Trinajstić information content (AvgIpc) is 2.59. The summed E-state index contributed by atoms with van der Waals surface area (Å²) in [5.41, 5.74) is 0. The molecular formula is C16H14Cl2N2O4S. The van der Waals surface area contributed by atoms with Crippen molar-refractivity contribution >= 4 is 47.2 Å². The molecule has 0 bridgehead atoms. The first kappa shape index (κ1) is 19.2. The number of hydrogen-bond donors (Lipinski definition) is 2. The molecule has 2 rings (SSSR count). The molecule has 0 atom stereocenters. The molecule has 0 aromatic heterocycles. The predicted molar refractivity (Wildman–Crippen MR) is 97.2 cm³/mol.